The first-order valence-corrected chi connectivity index (χ1v) is 7.31. The summed E-state index contributed by atoms with van der Waals surface area (Å²) in [6.07, 6.45) is 1.94. The van der Waals surface area contributed by atoms with E-state index in [0.717, 1.165) is 18.4 Å². The van der Waals surface area contributed by atoms with E-state index in [1.54, 1.807) is 0 Å². The van der Waals surface area contributed by atoms with Crippen LogP contribution in [-0.2, 0) is 11.2 Å². The lowest BCUT2D eigenvalue weighted by Gasteiger charge is -2.21. The van der Waals surface area contributed by atoms with Gasteiger partial charge in [-0.05, 0) is 30.9 Å². The highest BCUT2D eigenvalue weighted by Gasteiger charge is 2.19. The van der Waals surface area contributed by atoms with Crippen LogP contribution in [0.4, 0.5) is 0 Å². The van der Waals surface area contributed by atoms with Crippen molar-refractivity contribution in [2.45, 2.75) is 31.8 Å². The molecule has 0 aliphatic heterocycles. The molecule has 0 unspecified atom stereocenters. The third-order valence-corrected chi connectivity index (χ3v) is 3.58. The largest absolute Gasteiger partial charge is 0.368 e. The fourth-order valence-electron chi connectivity index (χ4n) is 2.38. The van der Waals surface area contributed by atoms with Gasteiger partial charge in [0.2, 0.25) is 5.91 Å². The van der Waals surface area contributed by atoms with Crippen molar-refractivity contribution in [1.29, 1.82) is 0 Å². The van der Waals surface area contributed by atoms with E-state index >= 15 is 0 Å². The van der Waals surface area contributed by atoms with Gasteiger partial charge in [-0.15, -0.1) is 0 Å². The minimum Gasteiger partial charge on any atom is -0.368 e. The first-order valence-electron chi connectivity index (χ1n) is 7.31. The molecular formula is C18H22N2O. The molecule has 2 atom stereocenters. The van der Waals surface area contributed by atoms with Gasteiger partial charge in [0.25, 0.3) is 0 Å². The first kappa shape index (κ1) is 15.3. The Bertz CT molecular complexity index is 554. The number of primary amides is 1. The van der Waals surface area contributed by atoms with E-state index in [-0.39, 0.29) is 11.9 Å². The number of benzene rings is 2. The van der Waals surface area contributed by atoms with Crippen LogP contribution in [0.1, 0.15) is 30.5 Å². The Morgan fingerprint density at radius 1 is 1.05 bits per heavy atom. The molecule has 0 spiro atoms. The number of aryl methyl sites for hydroxylation is 1. The van der Waals surface area contributed by atoms with Crippen LogP contribution in [0.3, 0.4) is 0 Å². The number of nitrogens with one attached hydrogen (secondary N) is 1. The monoisotopic (exact) mass is 282 g/mol. The normalized spacial score (nSPS) is 13.6. The molecule has 0 aliphatic rings. The van der Waals surface area contributed by atoms with Crippen molar-refractivity contribution in [2.24, 2.45) is 5.73 Å². The van der Waals surface area contributed by atoms with Crippen LogP contribution in [0.2, 0.25) is 0 Å². The number of hydrogen-bond acceptors (Lipinski definition) is 2. The highest BCUT2D eigenvalue weighted by Crippen LogP contribution is 2.14. The van der Waals surface area contributed by atoms with Crippen molar-refractivity contribution in [3.63, 3.8) is 0 Å². The molecule has 0 aliphatic carbocycles. The lowest BCUT2D eigenvalue weighted by atomic mass is 10.0. The van der Waals surface area contributed by atoms with Gasteiger partial charge in [0, 0.05) is 6.04 Å². The van der Waals surface area contributed by atoms with Crippen molar-refractivity contribution in [1.82, 2.24) is 5.32 Å². The zero-order chi connectivity index (χ0) is 15.1. The Hall–Kier alpha value is -2.13. The fourth-order valence-corrected chi connectivity index (χ4v) is 2.38. The Labute approximate surface area is 126 Å². The van der Waals surface area contributed by atoms with E-state index in [1.807, 2.05) is 48.5 Å². The van der Waals surface area contributed by atoms with Gasteiger partial charge < -0.3 is 5.73 Å². The molecule has 0 fully saturated rings. The summed E-state index contributed by atoms with van der Waals surface area (Å²) >= 11 is 0. The van der Waals surface area contributed by atoms with Crippen LogP contribution >= 0.6 is 0 Å². The molecule has 0 saturated heterocycles. The van der Waals surface area contributed by atoms with Gasteiger partial charge in [0.15, 0.2) is 0 Å². The number of carbonyl (C=O) groups excluding carboxylic acids is 1. The SMILES string of the molecule is C[C@H](CCc1ccccc1)N[C@@H](C(N)=O)c1ccccc1. The van der Waals surface area contributed by atoms with Gasteiger partial charge in [0.1, 0.15) is 6.04 Å². The van der Waals surface area contributed by atoms with E-state index in [0.29, 0.717) is 0 Å². The third-order valence-electron chi connectivity index (χ3n) is 3.58. The maximum atomic E-state index is 11.7. The number of hydrogen-bond donors (Lipinski definition) is 2. The summed E-state index contributed by atoms with van der Waals surface area (Å²) in [5.74, 6) is -0.340. The predicted octanol–water partition coefficient (Wildman–Crippen LogP) is 2.82. The molecule has 3 N–H and O–H groups in total. The molecule has 1 amide bonds. The molecule has 21 heavy (non-hydrogen) atoms. The quantitative estimate of drug-likeness (QED) is 0.820. The Kier molecular flexibility index (Phi) is 5.52. The highest BCUT2D eigenvalue weighted by molar-refractivity contribution is 5.81. The van der Waals surface area contributed by atoms with Crippen LogP contribution < -0.4 is 11.1 Å². The van der Waals surface area contributed by atoms with Crippen LogP contribution in [0.15, 0.2) is 60.7 Å². The van der Waals surface area contributed by atoms with Gasteiger partial charge in [-0.2, -0.15) is 0 Å². The molecule has 0 bridgehead atoms. The molecule has 110 valence electrons. The average molecular weight is 282 g/mol. The molecule has 3 nitrogen and oxygen atoms in total. The lowest BCUT2D eigenvalue weighted by molar-refractivity contribution is -0.120. The second-order valence-electron chi connectivity index (χ2n) is 5.34. The molecule has 0 heterocycles. The van der Waals surface area contributed by atoms with Crippen molar-refractivity contribution in [3.8, 4) is 0 Å². The molecule has 2 aromatic carbocycles. The summed E-state index contributed by atoms with van der Waals surface area (Å²) in [4.78, 5) is 11.7. The molecule has 0 saturated carbocycles. The van der Waals surface area contributed by atoms with Crippen molar-refractivity contribution >= 4 is 5.91 Å². The van der Waals surface area contributed by atoms with E-state index in [2.05, 4.69) is 24.4 Å². The van der Waals surface area contributed by atoms with Crippen LogP contribution in [0, 0.1) is 0 Å². The molecule has 0 radical (unpaired) electrons. The smallest absolute Gasteiger partial charge is 0.239 e. The van der Waals surface area contributed by atoms with Crippen LogP contribution in [0.25, 0.3) is 0 Å². The van der Waals surface area contributed by atoms with Gasteiger partial charge in [-0.25, -0.2) is 0 Å². The number of amides is 1. The van der Waals surface area contributed by atoms with Gasteiger partial charge in [-0.1, -0.05) is 60.7 Å². The van der Waals surface area contributed by atoms with Crippen LogP contribution in [-0.4, -0.2) is 11.9 Å². The summed E-state index contributed by atoms with van der Waals surface area (Å²) in [6, 6.07) is 19.7. The zero-order valence-electron chi connectivity index (χ0n) is 12.3. The molecule has 2 aromatic rings. The summed E-state index contributed by atoms with van der Waals surface area (Å²) in [5, 5.41) is 3.33. The standard InChI is InChI=1S/C18H22N2O/c1-14(12-13-15-8-4-2-5-9-15)20-17(18(19)21)16-10-6-3-7-11-16/h2-11,14,17,20H,12-13H2,1H3,(H2,19,21)/t14-,17-/m1/s1. The second kappa shape index (κ2) is 7.60. The minimum absolute atomic E-state index is 0.211. The van der Waals surface area contributed by atoms with E-state index < -0.39 is 6.04 Å². The van der Waals surface area contributed by atoms with Crippen molar-refractivity contribution < 1.29 is 4.79 Å². The average Bonchev–Trinajstić information content (AvgIpc) is 2.52. The minimum atomic E-state index is -0.433. The maximum Gasteiger partial charge on any atom is 0.239 e. The predicted molar refractivity (Wildman–Crippen MR) is 85.7 cm³/mol. The third kappa shape index (κ3) is 4.72. The second-order valence-corrected chi connectivity index (χ2v) is 5.34. The molecule has 2 rings (SSSR count). The summed E-state index contributed by atoms with van der Waals surface area (Å²) < 4.78 is 0. The topological polar surface area (TPSA) is 55.1 Å². The van der Waals surface area contributed by atoms with Gasteiger partial charge in [0.05, 0.1) is 0 Å². The Morgan fingerprint density at radius 2 is 1.62 bits per heavy atom. The number of rotatable bonds is 7. The number of nitrogens with two attached hydrogens (primary N) is 1. The van der Waals surface area contributed by atoms with Crippen molar-refractivity contribution in [3.05, 3.63) is 71.8 Å². The zero-order valence-corrected chi connectivity index (χ0v) is 12.3. The lowest BCUT2D eigenvalue weighted by Crippen LogP contribution is -2.38. The molecule has 0 aromatic heterocycles. The number of carbonyl (C=O) groups is 1. The summed E-state index contributed by atoms with van der Waals surface area (Å²) in [7, 11) is 0. The molecular weight excluding hydrogens is 260 g/mol. The van der Waals surface area contributed by atoms with Crippen LogP contribution in [0.5, 0.6) is 0 Å². The Morgan fingerprint density at radius 3 is 2.19 bits per heavy atom. The van der Waals surface area contributed by atoms with E-state index in [4.69, 9.17) is 5.73 Å². The summed E-state index contributed by atoms with van der Waals surface area (Å²) in [5.41, 5.74) is 7.74. The fraction of sp³-hybridized carbons (Fsp3) is 0.278. The van der Waals surface area contributed by atoms with Gasteiger partial charge >= 0.3 is 0 Å². The summed E-state index contributed by atoms with van der Waals surface area (Å²) in [6.45, 7) is 2.09. The first-order chi connectivity index (χ1) is 10.2. The van der Waals surface area contributed by atoms with Gasteiger partial charge in [-0.3, -0.25) is 10.1 Å². The van der Waals surface area contributed by atoms with Crippen molar-refractivity contribution in [2.75, 3.05) is 0 Å². The highest BCUT2D eigenvalue weighted by atomic mass is 16.1. The maximum absolute atomic E-state index is 11.7. The van der Waals surface area contributed by atoms with E-state index in [1.165, 1.54) is 5.56 Å². The van der Waals surface area contributed by atoms with E-state index in [9.17, 15) is 4.79 Å². The Balaban J connectivity index is 1.93. The molecule has 3 heteroatoms.